The quantitative estimate of drug-likeness (QED) is 0.637. The second kappa shape index (κ2) is 4.28. The first kappa shape index (κ1) is 8.46. The van der Waals surface area contributed by atoms with Gasteiger partial charge in [-0.05, 0) is 23.8 Å². The molecule has 0 bridgehead atoms. The van der Waals surface area contributed by atoms with Gasteiger partial charge in [0.05, 0.1) is 0 Å². The summed E-state index contributed by atoms with van der Waals surface area (Å²) < 4.78 is 1.78. The van der Waals surface area contributed by atoms with Crippen LogP contribution in [-0.2, 0) is 13.0 Å². The average molecular weight is 175 g/mol. The molecule has 1 aromatic heterocycles. The lowest BCUT2D eigenvalue weighted by atomic mass is 10.3. The molecular formula is C6H11ClN4. The molecule has 62 valence electrons. The minimum absolute atomic E-state index is 0.663. The van der Waals surface area contributed by atoms with Gasteiger partial charge in [0.2, 0.25) is 0 Å². The fourth-order valence-electron chi connectivity index (χ4n) is 0.873. The summed E-state index contributed by atoms with van der Waals surface area (Å²) in [5.41, 5.74) is 0. The van der Waals surface area contributed by atoms with Gasteiger partial charge in [0.25, 0.3) is 0 Å². The Bertz CT molecular complexity index is 210. The molecule has 0 saturated carbocycles. The number of alkyl halides is 1. The number of nitrogens with zero attached hydrogens (tertiary/aromatic N) is 4. The summed E-state index contributed by atoms with van der Waals surface area (Å²) in [6.07, 6.45) is 1.80. The van der Waals surface area contributed by atoms with E-state index in [9.17, 15) is 0 Å². The molecule has 0 radical (unpaired) electrons. The molecule has 0 aliphatic rings. The van der Waals surface area contributed by atoms with E-state index in [4.69, 9.17) is 11.6 Å². The van der Waals surface area contributed by atoms with Gasteiger partial charge in [-0.15, -0.1) is 16.7 Å². The third-order valence-corrected chi connectivity index (χ3v) is 1.71. The largest absolute Gasteiger partial charge is 0.230 e. The summed E-state index contributed by atoms with van der Waals surface area (Å²) in [4.78, 5) is 0. The van der Waals surface area contributed by atoms with E-state index in [1.54, 1.807) is 4.68 Å². The zero-order valence-electron chi connectivity index (χ0n) is 6.50. The van der Waals surface area contributed by atoms with Crippen molar-refractivity contribution in [3.05, 3.63) is 5.82 Å². The third-order valence-electron chi connectivity index (χ3n) is 1.44. The normalized spacial score (nSPS) is 10.4. The lowest BCUT2D eigenvalue weighted by molar-refractivity contribution is 0.593. The van der Waals surface area contributed by atoms with Crippen molar-refractivity contribution in [2.24, 2.45) is 0 Å². The molecule has 5 heteroatoms. The van der Waals surface area contributed by atoms with Gasteiger partial charge in [0.1, 0.15) is 0 Å². The Morgan fingerprint density at radius 2 is 2.36 bits per heavy atom. The summed E-state index contributed by atoms with van der Waals surface area (Å²) in [5, 5.41) is 11.2. The standard InChI is InChI=1S/C6H11ClN4/c1-2-11-6(4-3-5-7)8-9-10-11/h2-5H2,1H3. The molecule has 0 unspecified atom stereocenters. The first-order chi connectivity index (χ1) is 5.38. The third kappa shape index (κ3) is 2.15. The molecule has 0 saturated heterocycles. The predicted molar refractivity (Wildman–Crippen MR) is 42.5 cm³/mol. The maximum absolute atomic E-state index is 5.54. The highest BCUT2D eigenvalue weighted by atomic mass is 35.5. The van der Waals surface area contributed by atoms with Gasteiger partial charge in [-0.25, -0.2) is 4.68 Å². The van der Waals surface area contributed by atoms with Gasteiger partial charge in [-0.2, -0.15) is 0 Å². The highest BCUT2D eigenvalue weighted by Gasteiger charge is 2.01. The van der Waals surface area contributed by atoms with Crippen LogP contribution in [0.3, 0.4) is 0 Å². The highest BCUT2D eigenvalue weighted by Crippen LogP contribution is 1.97. The fourth-order valence-corrected chi connectivity index (χ4v) is 1.01. The molecular weight excluding hydrogens is 164 g/mol. The molecule has 0 N–H and O–H groups in total. The molecule has 1 heterocycles. The number of halogens is 1. The monoisotopic (exact) mass is 174 g/mol. The molecule has 4 nitrogen and oxygen atoms in total. The number of rotatable bonds is 4. The summed E-state index contributed by atoms with van der Waals surface area (Å²) in [6.45, 7) is 2.84. The summed E-state index contributed by atoms with van der Waals surface area (Å²) >= 11 is 5.54. The second-order valence-corrected chi connectivity index (χ2v) is 2.58. The van der Waals surface area contributed by atoms with E-state index < -0.39 is 0 Å². The van der Waals surface area contributed by atoms with Crippen molar-refractivity contribution in [1.29, 1.82) is 0 Å². The minimum Gasteiger partial charge on any atom is -0.230 e. The molecule has 0 amide bonds. The summed E-state index contributed by atoms with van der Waals surface area (Å²) in [6, 6.07) is 0. The van der Waals surface area contributed by atoms with Gasteiger partial charge in [0.15, 0.2) is 5.82 Å². The topological polar surface area (TPSA) is 43.6 Å². The zero-order chi connectivity index (χ0) is 8.10. The Morgan fingerprint density at radius 3 is 3.00 bits per heavy atom. The van der Waals surface area contributed by atoms with E-state index in [1.165, 1.54) is 0 Å². The van der Waals surface area contributed by atoms with Crippen LogP contribution < -0.4 is 0 Å². The maximum Gasteiger partial charge on any atom is 0.151 e. The van der Waals surface area contributed by atoms with Crippen molar-refractivity contribution in [2.75, 3.05) is 5.88 Å². The van der Waals surface area contributed by atoms with Crippen LogP contribution in [0.2, 0.25) is 0 Å². The number of hydrogen-bond donors (Lipinski definition) is 0. The van der Waals surface area contributed by atoms with Gasteiger partial charge >= 0.3 is 0 Å². The smallest absolute Gasteiger partial charge is 0.151 e. The summed E-state index contributed by atoms with van der Waals surface area (Å²) in [7, 11) is 0. The minimum atomic E-state index is 0.663. The number of aryl methyl sites for hydroxylation is 2. The van der Waals surface area contributed by atoms with Crippen molar-refractivity contribution < 1.29 is 0 Å². The van der Waals surface area contributed by atoms with E-state index in [2.05, 4.69) is 15.5 Å². The number of aromatic nitrogens is 4. The van der Waals surface area contributed by atoms with Crippen LogP contribution in [0.15, 0.2) is 0 Å². The molecule has 0 atom stereocenters. The Labute approximate surface area is 70.5 Å². The molecule has 0 spiro atoms. The Kier molecular flexibility index (Phi) is 3.29. The van der Waals surface area contributed by atoms with Crippen LogP contribution in [0.5, 0.6) is 0 Å². The highest BCUT2D eigenvalue weighted by molar-refractivity contribution is 6.17. The Hall–Kier alpha value is -0.640. The van der Waals surface area contributed by atoms with Crippen LogP contribution in [-0.4, -0.2) is 26.1 Å². The van der Waals surface area contributed by atoms with Crippen molar-refractivity contribution in [1.82, 2.24) is 20.2 Å². The summed E-state index contributed by atoms with van der Waals surface area (Å²) in [5.74, 6) is 1.59. The van der Waals surface area contributed by atoms with E-state index in [1.807, 2.05) is 6.92 Å². The van der Waals surface area contributed by atoms with Gasteiger partial charge in [-0.1, -0.05) is 0 Å². The van der Waals surface area contributed by atoms with Crippen molar-refractivity contribution >= 4 is 11.6 Å². The van der Waals surface area contributed by atoms with E-state index in [0.717, 1.165) is 25.2 Å². The molecule has 11 heavy (non-hydrogen) atoms. The number of hydrogen-bond acceptors (Lipinski definition) is 3. The van der Waals surface area contributed by atoms with Gasteiger partial charge in [-0.3, -0.25) is 0 Å². The zero-order valence-corrected chi connectivity index (χ0v) is 7.25. The molecule has 0 aliphatic heterocycles. The second-order valence-electron chi connectivity index (χ2n) is 2.20. The first-order valence-electron chi connectivity index (χ1n) is 3.69. The van der Waals surface area contributed by atoms with Gasteiger partial charge < -0.3 is 0 Å². The lowest BCUT2D eigenvalue weighted by Gasteiger charge is -1.97. The fraction of sp³-hybridized carbons (Fsp3) is 0.833. The average Bonchev–Trinajstić information content (AvgIpc) is 2.47. The van der Waals surface area contributed by atoms with Crippen molar-refractivity contribution in [2.45, 2.75) is 26.3 Å². The molecule has 0 aromatic carbocycles. The van der Waals surface area contributed by atoms with Gasteiger partial charge in [0, 0.05) is 18.8 Å². The molecule has 1 aromatic rings. The Balaban J connectivity index is 2.54. The molecule has 1 rings (SSSR count). The lowest BCUT2D eigenvalue weighted by Crippen LogP contribution is -2.03. The van der Waals surface area contributed by atoms with Crippen LogP contribution in [0.4, 0.5) is 0 Å². The Morgan fingerprint density at radius 1 is 1.55 bits per heavy atom. The van der Waals surface area contributed by atoms with Crippen molar-refractivity contribution in [3.8, 4) is 0 Å². The molecule has 0 aliphatic carbocycles. The van der Waals surface area contributed by atoms with E-state index in [0.29, 0.717) is 5.88 Å². The van der Waals surface area contributed by atoms with Crippen LogP contribution in [0, 0.1) is 0 Å². The molecule has 0 fully saturated rings. The van der Waals surface area contributed by atoms with Crippen molar-refractivity contribution in [3.63, 3.8) is 0 Å². The van der Waals surface area contributed by atoms with E-state index in [-0.39, 0.29) is 0 Å². The predicted octanol–water partition coefficient (Wildman–Crippen LogP) is 0.864. The van der Waals surface area contributed by atoms with E-state index >= 15 is 0 Å². The maximum atomic E-state index is 5.54. The van der Waals surface area contributed by atoms with Crippen LogP contribution in [0.1, 0.15) is 19.2 Å². The van der Waals surface area contributed by atoms with Crippen LogP contribution in [0.25, 0.3) is 0 Å². The first-order valence-corrected chi connectivity index (χ1v) is 4.23. The number of tetrazole rings is 1. The van der Waals surface area contributed by atoms with Crippen LogP contribution >= 0.6 is 11.6 Å². The SMILES string of the molecule is CCn1nnnc1CCCCl.